The molecular weight excluding hydrogens is 340 g/mol. The van der Waals surface area contributed by atoms with E-state index in [0.717, 1.165) is 17.5 Å². The molecule has 28 heavy (non-hydrogen) atoms. The maximum atomic E-state index is 8.27. The van der Waals surface area contributed by atoms with Crippen molar-refractivity contribution in [2.24, 2.45) is 0 Å². The number of hydrogen-bond acceptors (Lipinski definition) is 2. The third kappa shape index (κ3) is 2.84. The molecule has 3 aromatic rings. The van der Waals surface area contributed by atoms with E-state index in [-0.39, 0.29) is 5.41 Å². The van der Waals surface area contributed by atoms with E-state index < -0.39 is 0 Å². The lowest BCUT2D eigenvalue weighted by molar-refractivity contribution is 0.589. The first-order valence-corrected chi connectivity index (χ1v) is 9.88. The minimum atomic E-state index is -0.0522. The standard InChI is InChI=1S/C26H28N2/c1-26(2,3)25-23(16-27)21(13-14-24(25)28(4)5)20-12-8-11-19-18-10-7-6-9-17(18)15-22(19)20/h6-14,16,27H,15H2,1-5H3. The van der Waals surface area contributed by atoms with Crippen molar-refractivity contribution in [3.05, 3.63) is 76.9 Å². The van der Waals surface area contributed by atoms with Gasteiger partial charge < -0.3 is 10.3 Å². The monoisotopic (exact) mass is 368 g/mol. The van der Waals surface area contributed by atoms with Crippen molar-refractivity contribution in [3.8, 4) is 22.3 Å². The topological polar surface area (TPSA) is 27.1 Å². The molecule has 0 radical (unpaired) electrons. The van der Waals surface area contributed by atoms with E-state index in [4.69, 9.17) is 5.41 Å². The van der Waals surface area contributed by atoms with Crippen LogP contribution in [0.15, 0.2) is 54.6 Å². The predicted molar refractivity (Wildman–Crippen MR) is 121 cm³/mol. The molecule has 1 N–H and O–H groups in total. The molecule has 3 aromatic carbocycles. The van der Waals surface area contributed by atoms with Crippen molar-refractivity contribution in [3.63, 3.8) is 0 Å². The summed E-state index contributed by atoms with van der Waals surface area (Å²) in [6.45, 7) is 6.70. The minimum Gasteiger partial charge on any atom is -0.377 e. The zero-order valence-electron chi connectivity index (χ0n) is 17.4. The van der Waals surface area contributed by atoms with Gasteiger partial charge in [0.15, 0.2) is 0 Å². The van der Waals surface area contributed by atoms with E-state index in [1.165, 1.54) is 39.1 Å². The molecule has 0 atom stereocenters. The highest BCUT2D eigenvalue weighted by Gasteiger charge is 2.27. The first kappa shape index (κ1) is 18.5. The Kier molecular flexibility index (Phi) is 4.38. The zero-order valence-corrected chi connectivity index (χ0v) is 17.4. The Bertz CT molecular complexity index is 1070. The molecule has 0 saturated heterocycles. The van der Waals surface area contributed by atoms with Crippen LogP contribution in [0.5, 0.6) is 0 Å². The molecule has 4 rings (SSSR count). The second kappa shape index (κ2) is 6.63. The summed E-state index contributed by atoms with van der Waals surface area (Å²) in [4.78, 5) is 2.16. The lowest BCUT2D eigenvalue weighted by atomic mass is 9.79. The van der Waals surface area contributed by atoms with E-state index in [2.05, 4.69) is 94.4 Å². The van der Waals surface area contributed by atoms with Crippen molar-refractivity contribution in [1.82, 2.24) is 0 Å². The van der Waals surface area contributed by atoms with Crippen LogP contribution < -0.4 is 4.90 Å². The molecule has 0 unspecified atom stereocenters. The van der Waals surface area contributed by atoms with E-state index >= 15 is 0 Å². The minimum absolute atomic E-state index is 0.0522. The Hall–Kier alpha value is -2.87. The predicted octanol–water partition coefficient (Wildman–Crippen LogP) is 6.29. The Balaban J connectivity index is 1.99. The van der Waals surface area contributed by atoms with E-state index in [0.29, 0.717) is 0 Å². The molecule has 0 spiro atoms. The molecule has 0 aromatic heterocycles. The lowest BCUT2D eigenvalue weighted by Gasteiger charge is -2.30. The Morgan fingerprint density at radius 3 is 2.11 bits per heavy atom. The summed E-state index contributed by atoms with van der Waals surface area (Å²) in [5, 5.41) is 8.27. The summed E-state index contributed by atoms with van der Waals surface area (Å²) >= 11 is 0. The van der Waals surface area contributed by atoms with Gasteiger partial charge in [0.25, 0.3) is 0 Å². The fourth-order valence-corrected chi connectivity index (χ4v) is 4.56. The average molecular weight is 369 g/mol. The van der Waals surface area contributed by atoms with Crippen molar-refractivity contribution < 1.29 is 0 Å². The fourth-order valence-electron chi connectivity index (χ4n) is 4.56. The summed E-state index contributed by atoms with van der Waals surface area (Å²) in [5.41, 5.74) is 11.3. The van der Waals surface area contributed by atoms with Crippen LogP contribution in [0.2, 0.25) is 0 Å². The Morgan fingerprint density at radius 1 is 0.821 bits per heavy atom. The largest absolute Gasteiger partial charge is 0.377 e. The summed E-state index contributed by atoms with van der Waals surface area (Å²) in [5.74, 6) is 0. The second-order valence-electron chi connectivity index (χ2n) is 8.88. The Labute approximate surface area is 168 Å². The van der Waals surface area contributed by atoms with Crippen molar-refractivity contribution in [2.75, 3.05) is 19.0 Å². The molecule has 142 valence electrons. The van der Waals surface area contributed by atoms with Crippen LogP contribution in [-0.4, -0.2) is 20.3 Å². The van der Waals surface area contributed by atoms with Gasteiger partial charge in [-0.2, -0.15) is 0 Å². The van der Waals surface area contributed by atoms with Gasteiger partial charge in [-0.3, -0.25) is 0 Å². The smallest absolute Gasteiger partial charge is 0.0405 e. The molecule has 1 aliphatic rings. The first-order valence-electron chi connectivity index (χ1n) is 9.88. The molecule has 1 aliphatic carbocycles. The molecule has 2 heteroatoms. The molecule has 0 fully saturated rings. The highest BCUT2D eigenvalue weighted by molar-refractivity contribution is 5.96. The summed E-state index contributed by atoms with van der Waals surface area (Å²) in [6, 6.07) is 19.7. The number of anilines is 1. The lowest BCUT2D eigenvalue weighted by Crippen LogP contribution is -2.22. The van der Waals surface area contributed by atoms with Crippen LogP contribution in [0.1, 0.15) is 43.0 Å². The van der Waals surface area contributed by atoms with Gasteiger partial charge in [-0.1, -0.05) is 69.3 Å². The maximum absolute atomic E-state index is 8.27. The average Bonchev–Trinajstić information content (AvgIpc) is 3.04. The molecular formula is C26H28N2. The van der Waals surface area contributed by atoms with Crippen molar-refractivity contribution in [1.29, 1.82) is 5.41 Å². The molecule has 0 bridgehead atoms. The van der Waals surface area contributed by atoms with Crippen LogP contribution in [0.25, 0.3) is 22.3 Å². The van der Waals surface area contributed by atoms with Gasteiger partial charge in [0, 0.05) is 31.6 Å². The van der Waals surface area contributed by atoms with Crippen LogP contribution in [-0.2, 0) is 11.8 Å². The SMILES string of the molecule is CN(C)c1ccc(-c2cccc3c2Cc2ccccc2-3)c(C=N)c1C(C)(C)C. The zero-order chi connectivity index (χ0) is 20.1. The first-order chi connectivity index (χ1) is 13.3. The van der Waals surface area contributed by atoms with Gasteiger partial charge >= 0.3 is 0 Å². The molecule has 0 heterocycles. The van der Waals surface area contributed by atoms with E-state index in [1.807, 2.05) is 0 Å². The van der Waals surface area contributed by atoms with Crippen LogP contribution >= 0.6 is 0 Å². The van der Waals surface area contributed by atoms with E-state index in [1.54, 1.807) is 6.21 Å². The molecule has 0 amide bonds. The molecule has 0 aliphatic heterocycles. The number of benzene rings is 3. The summed E-state index contributed by atoms with van der Waals surface area (Å²) < 4.78 is 0. The van der Waals surface area contributed by atoms with Crippen LogP contribution in [0.4, 0.5) is 5.69 Å². The van der Waals surface area contributed by atoms with Gasteiger partial charge in [0.2, 0.25) is 0 Å². The van der Waals surface area contributed by atoms with Crippen LogP contribution in [0.3, 0.4) is 0 Å². The fraction of sp³-hybridized carbons (Fsp3) is 0.269. The van der Waals surface area contributed by atoms with Gasteiger partial charge in [-0.25, -0.2) is 0 Å². The van der Waals surface area contributed by atoms with Gasteiger partial charge in [-0.15, -0.1) is 0 Å². The normalized spacial score (nSPS) is 12.5. The van der Waals surface area contributed by atoms with Crippen molar-refractivity contribution in [2.45, 2.75) is 32.6 Å². The second-order valence-corrected chi connectivity index (χ2v) is 8.88. The van der Waals surface area contributed by atoms with Gasteiger partial charge in [0.1, 0.15) is 0 Å². The number of rotatable bonds is 3. The third-order valence-electron chi connectivity index (χ3n) is 5.74. The number of nitrogens with zero attached hydrogens (tertiary/aromatic N) is 1. The molecule has 2 nitrogen and oxygen atoms in total. The maximum Gasteiger partial charge on any atom is 0.0405 e. The van der Waals surface area contributed by atoms with Crippen LogP contribution in [0, 0.1) is 5.41 Å². The summed E-state index contributed by atoms with van der Waals surface area (Å²) in [6.07, 6.45) is 2.50. The number of fused-ring (bicyclic) bond motifs is 3. The highest BCUT2D eigenvalue weighted by atomic mass is 15.1. The summed E-state index contributed by atoms with van der Waals surface area (Å²) in [7, 11) is 4.16. The van der Waals surface area contributed by atoms with Crippen molar-refractivity contribution >= 4 is 11.9 Å². The third-order valence-corrected chi connectivity index (χ3v) is 5.74. The number of hydrogen-bond donors (Lipinski definition) is 1. The van der Waals surface area contributed by atoms with E-state index in [9.17, 15) is 0 Å². The van der Waals surface area contributed by atoms with Gasteiger partial charge in [-0.05, 0) is 56.8 Å². The quantitative estimate of drug-likeness (QED) is 0.423. The van der Waals surface area contributed by atoms with Gasteiger partial charge in [0.05, 0.1) is 0 Å². The number of nitrogens with one attached hydrogen (secondary N) is 1. The molecule has 0 saturated carbocycles. The Morgan fingerprint density at radius 2 is 1.46 bits per heavy atom. The highest BCUT2D eigenvalue weighted by Crippen LogP contribution is 2.44.